The Hall–Kier alpha value is -2.92. The molecule has 0 fully saturated rings. The molecule has 0 spiro atoms. The van der Waals surface area contributed by atoms with E-state index in [1.165, 1.54) is 0 Å². The summed E-state index contributed by atoms with van der Waals surface area (Å²) in [5.41, 5.74) is 7.20. The number of thiocarbonyl (C=S) groups is 1. The van der Waals surface area contributed by atoms with E-state index in [0.29, 0.717) is 10.7 Å². The molecule has 1 atom stereocenters. The highest BCUT2D eigenvalue weighted by atomic mass is 32.1. The lowest BCUT2D eigenvalue weighted by Gasteiger charge is -2.13. The second-order valence-corrected chi connectivity index (χ2v) is 6.44. The maximum Gasteiger partial charge on any atom is 0.318 e. The first-order valence-corrected chi connectivity index (χ1v) is 8.58. The van der Waals surface area contributed by atoms with Crippen LogP contribution in [0.15, 0.2) is 60.7 Å². The summed E-state index contributed by atoms with van der Waals surface area (Å²) in [6.45, 7) is 1.83. The molecule has 0 amide bonds. The minimum absolute atomic E-state index is 0.309. The number of benzene rings is 3. The number of nitrogens with two attached hydrogens (primary N) is 1. The number of hydrogen-bond donors (Lipinski definition) is 1. The monoisotopic (exact) mass is 365 g/mol. The lowest BCUT2D eigenvalue weighted by molar-refractivity contribution is -0.135. The van der Waals surface area contributed by atoms with E-state index in [4.69, 9.17) is 27.4 Å². The quantitative estimate of drug-likeness (QED) is 0.417. The molecule has 0 heterocycles. The zero-order valence-corrected chi connectivity index (χ0v) is 15.4. The van der Waals surface area contributed by atoms with Crippen LogP contribution in [0.3, 0.4) is 0 Å². The second kappa shape index (κ2) is 7.54. The number of rotatable bonds is 5. The molecule has 2 N–H and O–H groups in total. The van der Waals surface area contributed by atoms with Gasteiger partial charge < -0.3 is 15.2 Å². The molecule has 0 aliphatic heterocycles. The van der Waals surface area contributed by atoms with Crippen molar-refractivity contribution in [3.8, 4) is 11.5 Å². The Labute approximate surface area is 157 Å². The van der Waals surface area contributed by atoms with Gasteiger partial charge in [-0.1, -0.05) is 36.5 Å². The normalized spacial score (nSPS) is 11.8. The summed E-state index contributed by atoms with van der Waals surface area (Å²) in [5, 5.41) is 2.10. The highest BCUT2D eigenvalue weighted by Gasteiger charge is 2.18. The van der Waals surface area contributed by atoms with E-state index in [2.05, 4.69) is 0 Å². The largest absolute Gasteiger partial charge is 0.497 e. The molecule has 3 rings (SSSR count). The van der Waals surface area contributed by atoms with Gasteiger partial charge >= 0.3 is 5.97 Å². The van der Waals surface area contributed by atoms with Crippen LogP contribution in [0.1, 0.15) is 24.0 Å². The number of fused-ring (bicyclic) bond motifs is 1. The molecule has 4 nitrogen and oxygen atoms in total. The Balaban J connectivity index is 1.77. The van der Waals surface area contributed by atoms with E-state index in [1.807, 2.05) is 43.3 Å². The van der Waals surface area contributed by atoms with E-state index in [-0.39, 0.29) is 5.97 Å². The second-order valence-electron chi connectivity index (χ2n) is 6.00. The SMILES string of the molecule is COc1ccc2cc([C@@H](C)C(=O)Oc3ccc(C(N)=S)cc3)ccc2c1. The maximum atomic E-state index is 12.5. The lowest BCUT2D eigenvalue weighted by atomic mass is 9.98. The molecule has 26 heavy (non-hydrogen) atoms. The van der Waals surface area contributed by atoms with Gasteiger partial charge in [0.1, 0.15) is 16.5 Å². The number of hydrogen-bond acceptors (Lipinski definition) is 4. The summed E-state index contributed by atoms with van der Waals surface area (Å²) in [6, 6.07) is 18.6. The molecule has 5 heteroatoms. The third kappa shape index (κ3) is 3.83. The van der Waals surface area contributed by atoms with Crippen molar-refractivity contribution in [3.05, 3.63) is 71.8 Å². The van der Waals surface area contributed by atoms with Crippen molar-refractivity contribution < 1.29 is 14.3 Å². The van der Waals surface area contributed by atoms with Crippen molar-refractivity contribution in [1.82, 2.24) is 0 Å². The summed E-state index contributed by atoms with van der Waals surface area (Å²) in [5.74, 6) is 0.559. The minimum atomic E-state index is -0.392. The Morgan fingerprint density at radius 3 is 2.23 bits per heavy atom. The van der Waals surface area contributed by atoms with Gasteiger partial charge in [0.05, 0.1) is 13.0 Å². The fourth-order valence-electron chi connectivity index (χ4n) is 2.67. The summed E-state index contributed by atoms with van der Waals surface area (Å²) in [7, 11) is 1.64. The summed E-state index contributed by atoms with van der Waals surface area (Å²) < 4.78 is 10.7. The van der Waals surface area contributed by atoms with Crippen molar-refractivity contribution in [2.75, 3.05) is 7.11 Å². The van der Waals surface area contributed by atoms with Gasteiger partial charge in [-0.3, -0.25) is 4.79 Å². The van der Waals surface area contributed by atoms with Crippen LogP contribution in [-0.4, -0.2) is 18.1 Å². The van der Waals surface area contributed by atoms with Crippen molar-refractivity contribution in [2.24, 2.45) is 5.73 Å². The van der Waals surface area contributed by atoms with Crippen LogP contribution in [-0.2, 0) is 4.79 Å². The first-order chi connectivity index (χ1) is 12.5. The topological polar surface area (TPSA) is 61.5 Å². The minimum Gasteiger partial charge on any atom is -0.497 e. The van der Waals surface area contributed by atoms with E-state index >= 15 is 0 Å². The van der Waals surface area contributed by atoms with Crippen LogP contribution in [0, 0.1) is 0 Å². The van der Waals surface area contributed by atoms with Crippen molar-refractivity contribution in [3.63, 3.8) is 0 Å². The first-order valence-electron chi connectivity index (χ1n) is 8.17. The average Bonchev–Trinajstić information content (AvgIpc) is 2.66. The fourth-order valence-corrected chi connectivity index (χ4v) is 2.80. The van der Waals surface area contributed by atoms with Gasteiger partial charge in [0.15, 0.2) is 0 Å². The summed E-state index contributed by atoms with van der Waals surface area (Å²) in [4.78, 5) is 12.8. The molecule has 0 radical (unpaired) electrons. The van der Waals surface area contributed by atoms with Crippen LogP contribution in [0.5, 0.6) is 11.5 Å². The molecule has 0 aliphatic rings. The molecular formula is C21H19NO3S. The molecule has 0 aromatic heterocycles. The average molecular weight is 365 g/mol. The van der Waals surface area contributed by atoms with Gasteiger partial charge in [-0.05, 0) is 59.7 Å². The smallest absolute Gasteiger partial charge is 0.318 e. The number of ether oxygens (including phenoxy) is 2. The van der Waals surface area contributed by atoms with Crippen molar-refractivity contribution in [2.45, 2.75) is 12.8 Å². The molecule has 0 saturated carbocycles. The Morgan fingerprint density at radius 2 is 1.58 bits per heavy atom. The molecule has 0 aliphatic carbocycles. The van der Waals surface area contributed by atoms with Crippen LogP contribution in [0.2, 0.25) is 0 Å². The molecule has 132 valence electrons. The Morgan fingerprint density at radius 1 is 0.962 bits per heavy atom. The van der Waals surface area contributed by atoms with Crippen LogP contribution < -0.4 is 15.2 Å². The predicted octanol–water partition coefficient (Wildman–Crippen LogP) is 4.19. The number of carbonyl (C=O) groups excluding carboxylic acids is 1. The fraction of sp³-hybridized carbons (Fsp3) is 0.143. The lowest BCUT2D eigenvalue weighted by Crippen LogP contribution is -2.16. The van der Waals surface area contributed by atoms with Gasteiger partial charge in [0.2, 0.25) is 0 Å². The molecule has 0 saturated heterocycles. The van der Waals surface area contributed by atoms with E-state index in [0.717, 1.165) is 27.6 Å². The summed E-state index contributed by atoms with van der Waals surface area (Å²) in [6.07, 6.45) is 0. The van der Waals surface area contributed by atoms with E-state index in [9.17, 15) is 4.79 Å². The predicted molar refractivity (Wildman–Crippen MR) is 107 cm³/mol. The molecule has 0 unspecified atom stereocenters. The van der Waals surface area contributed by atoms with Gasteiger partial charge in [-0.2, -0.15) is 0 Å². The van der Waals surface area contributed by atoms with Gasteiger partial charge in [0.25, 0.3) is 0 Å². The number of carbonyl (C=O) groups is 1. The third-order valence-corrected chi connectivity index (χ3v) is 4.52. The highest BCUT2D eigenvalue weighted by Crippen LogP contribution is 2.26. The van der Waals surface area contributed by atoms with Crippen LogP contribution >= 0.6 is 12.2 Å². The Bertz CT molecular complexity index is 967. The van der Waals surface area contributed by atoms with Crippen LogP contribution in [0.25, 0.3) is 10.8 Å². The summed E-state index contributed by atoms with van der Waals surface area (Å²) >= 11 is 4.92. The zero-order chi connectivity index (χ0) is 18.7. The molecular weight excluding hydrogens is 346 g/mol. The standard InChI is InChI=1S/C21H19NO3S/c1-13(21(23)25-18-8-5-14(6-9-18)20(22)26)15-3-4-17-12-19(24-2)10-7-16(17)11-15/h3-13H,1-2H3,(H2,22,26)/t13-/m1/s1. The number of esters is 1. The van der Waals surface area contributed by atoms with Crippen molar-refractivity contribution >= 4 is 33.9 Å². The first kappa shape index (κ1) is 17.9. The number of methoxy groups -OCH3 is 1. The van der Waals surface area contributed by atoms with Crippen LogP contribution in [0.4, 0.5) is 0 Å². The molecule has 3 aromatic rings. The Kier molecular flexibility index (Phi) is 5.19. The zero-order valence-electron chi connectivity index (χ0n) is 14.6. The van der Waals surface area contributed by atoms with Crippen molar-refractivity contribution in [1.29, 1.82) is 0 Å². The molecule has 0 bridgehead atoms. The van der Waals surface area contributed by atoms with E-state index in [1.54, 1.807) is 31.4 Å². The van der Waals surface area contributed by atoms with Gasteiger partial charge in [0, 0.05) is 5.56 Å². The molecule has 3 aromatic carbocycles. The van der Waals surface area contributed by atoms with Gasteiger partial charge in [-0.15, -0.1) is 0 Å². The third-order valence-electron chi connectivity index (χ3n) is 4.28. The van der Waals surface area contributed by atoms with E-state index < -0.39 is 5.92 Å². The highest BCUT2D eigenvalue weighted by molar-refractivity contribution is 7.80. The maximum absolute atomic E-state index is 12.5. The van der Waals surface area contributed by atoms with Gasteiger partial charge in [-0.25, -0.2) is 0 Å².